The van der Waals surface area contributed by atoms with Gasteiger partial charge in [0.05, 0.1) is 32.8 Å². The third-order valence-electron chi connectivity index (χ3n) is 5.59. The van der Waals surface area contributed by atoms with Gasteiger partial charge in [0.1, 0.15) is 17.1 Å². The van der Waals surface area contributed by atoms with Crippen LogP contribution in [0.5, 0.6) is 11.5 Å². The van der Waals surface area contributed by atoms with Crippen molar-refractivity contribution < 1.29 is 27.6 Å². The van der Waals surface area contributed by atoms with Gasteiger partial charge in [0.2, 0.25) is 0 Å². The number of rotatable bonds is 7. The number of azo groups is 1. The van der Waals surface area contributed by atoms with Crippen LogP contribution in [0.25, 0.3) is 10.8 Å². The summed E-state index contributed by atoms with van der Waals surface area (Å²) >= 11 is 12.5. The third kappa shape index (κ3) is 5.58. The molecule has 0 bridgehead atoms. The highest BCUT2D eigenvalue weighted by atomic mass is 35.5. The van der Waals surface area contributed by atoms with Crippen LogP contribution < -0.4 is 10.1 Å². The van der Waals surface area contributed by atoms with E-state index >= 15 is 0 Å². The zero-order chi connectivity index (χ0) is 27.6. The minimum Gasteiger partial charge on any atom is -0.505 e. The minimum absolute atomic E-state index is 0.00464. The van der Waals surface area contributed by atoms with E-state index in [2.05, 4.69) is 15.5 Å². The first-order valence-electron chi connectivity index (χ1n) is 11.2. The molecule has 0 unspecified atom stereocenters. The van der Waals surface area contributed by atoms with Crippen LogP contribution in [0.3, 0.4) is 0 Å². The molecule has 9 nitrogen and oxygen atoms in total. The lowest BCUT2D eigenvalue weighted by Crippen LogP contribution is -2.12. The number of hydrogen-bond acceptors (Lipinski definition) is 7. The Morgan fingerprint density at radius 3 is 2.50 bits per heavy atom. The monoisotopic (exact) mass is 573 g/mol. The summed E-state index contributed by atoms with van der Waals surface area (Å²) in [7, 11) is -4.48. The highest BCUT2D eigenvalue weighted by Crippen LogP contribution is 2.41. The fraction of sp³-hybridized carbons (Fsp3) is 0.115. The number of nitrogens with one attached hydrogen (secondary N) is 1. The number of anilines is 1. The molecule has 0 radical (unpaired) electrons. The van der Waals surface area contributed by atoms with Gasteiger partial charge in [0.25, 0.3) is 16.0 Å². The number of hydrogen-bond donors (Lipinski definition) is 3. The Bertz CT molecular complexity index is 1710. The number of halogens is 2. The van der Waals surface area contributed by atoms with Gasteiger partial charge in [-0.3, -0.25) is 9.35 Å². The Morgan fingerprint density at radius 2 is 1.79 bits per heavy atom. The van der Waals surface area contributed by atoms with Crippen LogP contribution in [0.4, 0.5) is 17.1 Å². The smallest absolute Gasteiger partial charge is 0.294 e. The van der Waals surface area contributed by atoms with Gasteiger partial charge in [-0.1, -0.05) is 47.5 Å². The number of ether oxygens (including phenoxy) is 1. The number of carbonyl (C=O) groups excluding carboxylic acids is 1. The summed E-state index contributed by atoms with van der Waals surface area (Å²) in [4.78, 5) is 12.9. The van der Waals surface area contributed by atoms with Gasteiger partial charge in [-0.05, 0) is 55.1 Å². The number of phenolic OH excluding ortho intramolecular Hbond substituents is 1. The zero-order valence-electron chi connectivity index (χ0n) is 20.1. The summed E-state index contributed by atoms with van der Waals surface area (Å²) in [6.07, 6.45) is 0. The lowest BCUT2D eigenvalue weighted by atomic mass is 10.0. The topological polar surface area (TPSA) is 138 Å². The molecule has 12 heteroatoms. The summed E-state index contributed by atoms with van der Waals surface area (Å²) in [5, 5.41) is 23.3. The van der Waals surface area contributed by atoms with Crippen LogP contribution in [0.1, 0.15) is 22.8 Å². The predicted molar refractivity (Wildman–Crippen MR) is 146 cm³/mol. The summed E-state index contributed by atoms with van der Waals surface area (Å²) < 4.78 is 37.9. The summed E-state index contributed by atoms with van der Waals surface area (Å²) in [6.45, 7) is 3.67. The first kappa shape index (κ1) is 27.3. The fourth-order valence-corrected chi connectivity index (χ4v) is 4.90. The van der Waals surface area contributed by atoms with Gasteiger partial charge < -0.3 is 15.2 Å². The van der Waals surface area contributed by atoms with Crippen molar-refractivity contribution in [2.24, 2.45) is 10.2 Å². The summed E-state index contributed by atoms with van der Waals surface area (Å²) in [5.41, 5.74) is 0.377. The Morgan fingerprint density at radius 1 is 1.05 bits per heavy atom. The largest absolute Gasteiger partial charge is 0.505 e. The molecule has 0 aliphatic heterocycles. The standard InChI is InChI=1S/C26H21Cl2N3O6S/c1-3-37-16-8-9-19(27)21(13-16)29-26(33)18-12-15-6-4-5-7-17(15)24(25(18)32)31-30-20-10-11-22(38(34,35)36)14(2)23(20)28/h4-13,32H,3H2,1-2H3,(H,29,33)(H,34,35,36). The number of phenols is 1. The second kappa shape index (κ2) is 11.0. The van der Waals surface area contributed by atoms with E-state index in [1.807, 2.05) is 6.92 Å². The Labute approximate surface area is 228 Å². The highest BCUT2D eigenvalue weighted by Gasteiger charge is 2.21. The molecule has 196 valence electrons. The maximum Gasteiger partial charge on any atom is 0.294 e. The summed E-state index contributed by atoms with van der Waals surface area (Å²) in [6, 6.07) is 15.7. The molecule has 1 amide bonds. The van der Waals surface area contributed by atoms with E-state index in [4.69, 9.17) is 27.9 Å². The SMILES string of the molecule is CCOc1ccc(Cl)c(NC(=O)c2cc3ccccc3c(N=Nc3ccc(S(=O)(=O)O)c(C)c3Cl)c2O)c1. The molecule has 4 aromatic rings. The number of benzene rings is 4. The Balaban J connectivity index is 1.77. The van der Waals surface area contributed by atoms with Gasteiger partial charge >= 0.3 is 0 Å². The molecule has 4 rings (SSSR count). The highest BCUT2D eigenvalue weighted by molar-refractivity contribution is 7.85. The molecule has 0 saturated carbocycles. The van der Waals surface area contributed by atoms with E-state index < -0.39 is 21.8 Å². The Kier molecular flexibility index (Phi) is 7.89. The number of amides is 1. The number of aromatic hydroxyl groups is 1. The normalized spacial score (nSPS) is 11.7. The number of nitrogens with zero attached hydrogens (tertiary/aromatic N) is 2. The number of fused-ring (bicyclic) bond motifs is 1. The summed E-state index contributed by atoms with van der Waals surface area (Å²) in [5.74, 6) is -0.576. The maximum atomic E-state index is 13.2. The lowest BCUT2D eigenvalue weighted by molar-refractivity contribution is 0.102. The molecule has 3 N–H and O–H groups in total. The molecule has 0 saturated heterocycles. The molecule has 0 heterocycles. The van der Waals surface area contributed by atoms with E-state index in [9.17, 15) is 22.9 Å². The first-order valence-corrected chi connectivity index (χ1v) is 13.4. The van der Waals surface area contributed by atoms with Gasteiger partial charge in [-0.15, -0.1) is 10.2 Å². The van der Waals surface area contributed by atoms with Crippen LogP contribution in [-0.2, 0) is 10.1 Å². The first-order chi connectivity index (χ1) is 18.0. The molecule has 0 atom stereocenters. The average Bonchev–Trinajstić information content (AvgIpc) is 2.86. The van der Waals surface area contributed by atoms with Crippen LogP contribution in [0, 0.1) is 6.92 Å². The van der Waals surface area contributed by atoms with Gasteiger partial charge in [0, 0.05) is 11.5 Å². The molecule has 4 aromatic carbocycles. The van der Waals surface area contributed by atoms with Crippen molar-refractivity contribution >= 4 is 67.1 Å². The maximum absolute atomic E-state index is 13.2. The van der Waals surface area contributed by atoms with E-state index in [-0.39, 0.29) is 37.4 Å². The molecular formula is C26H21Cl2N3O6S. The van der Waals surface area contributed by atoms with E-state index in [1.165, 1.54) is 19.1 Å². The van der Waals surface area contributed by atoms with Gasteiger partial charge in [-0.25, -0.2) is 0 Å². The van der Waals surface area contributed by atoms with Crippen molar-refractivity contribution in [2.75, 3.05) is 11.9 Å². The quantitative estimate of drug-likeness (QED) is 0.155. The van der Waals surface area contributed by atoms with Crippen molar-refractivity contribution in [1.29, 1.82) is 0 Å². The van der Waals surface area contributed by atoms with Crippen molar-refractivity contribution in [2.45, 2.75) is 18.7 Å². The molecular weight excluding hydrogens is 553 g/mol. The fourth-order valence-electron chi connectivity index (χ4n) is 3.75. The molecule has 0 aromatic heterocycles. The van der Waals surface area contributed by atoms with E-state index in [0.717, 1.165) is 6.07 Å². The van der Waals surface area contributed by atoms with Crippen LogP contribution in [0.15, 0.2) is 75.8 Å². The van der Waals surface area contributed by atoms with Crippen molar-refractivity contribution in [3.8, 4) is 11.5 Å². The second-order valence-electron chi connectivity index (χ2n) is 8.07. The molecule has 38 heavy (non-hydrogen) atoms. The van der Waals surface area contributed by atoms with Gasteiger partial charge in [-0.2, -0.15) is 8.42 Å². The zero-order valence-corrected chi connectivity index (χ0v) is 22.4. The second-order valence-corrected chi connectivity index (χ2v) is 10.2. The van der Waals surface area contributed by atoms with Crippen molar-refractivity contribution in [3.63, 3.8) is 0 Å². The molecule has 0 spiro atoms. The van der Waals surface area contributed by atoms with Crippen molar-refractivity contribution in [3.05, 3.63) is 81.8 Å². The molecule has 0 aliphatic rings. The van der Waals surface area contributed by atoms with E-state index in [1.54, 1.807) is 42.5 Å². The predicted octanol–water partition coefficient (Wildman–Crippen LogP) is 7.47. The minimum atomic E-state index is -4.48. The van der Waals surface area contributed by atoms with Crippen molar-refractivity contribution in [1.82, 2.24) is 0 Å². The van der Waals surface area contributed by atoms with Crippen LogP contribution in [-0.4, -0.2) is 30.6 Å². The van der Waals surface area contributed by atoms with Crippen LogP contribution in [0.2, 0.25) is 10.0 Å². The number of carbonyl (C=O) groups is 1. The van der Waals surface area contributed by atoms with Crippen LogP contribution >= 0.6 is 23.2 Å². The molecule has 0 aliphatic carbocycles. The Hall–Kier alpha value is -3.70. The van der Waals surface area contributed by atoms with E-state index in [0.29, 0.717) is 28.8 Å². The third-order valence-corrected chi connectivity index (χ3v) is 7.39. The molecule has 0 fully saturated rings. The lowest BCUT2D eigenvalue weighted by Gasteiger charge is -2.13. The average molecular weight is 574 g/mol. The van der Waals surface area contributed by atoms with Gasteiger partial charge in [0.15, 0.2) is 5.75 Å².